The Bertz CT molecular complexity index is 561. The number of aromatic nitrogens is 1. The number of halogens is 2. The van der Waals surface area contributed by atoms with Gasteiger partial charge in [0.25, 0.3) is 0 Å². The Morgan fingerprint density at radius 2 is 1.96 bits per heavy atom. The van der Waals surface area contributed by atoms with Crippen LogP contribution < -0.4 is 0 Å². The average Bonchev–Trinajstić information content (AvgIpc) is 2.58. The first kappa shape index (κ1) is 17.4. The van der Waals surface area contributed by atoms with Crippen molar-refractivity contribution in [1.29, 1.82) is 0 Å². The highest BCUT2D eigenvalue weighted by Gasteiger charge is 2.30. The summed E-state index contributed by atoms with van der Waals surface area (Å²) in [6.07, 6.45) is 7.55. The summed E-state index contributed by atoms with van der Waals surface area (Å²) < 4.78 is 2.00. The molecule has 2 fully saturated rings. The van der Waals surface area contributed by atoms with Crippen LogP contribution in [0.4, 0.5) is 0 Å². The smallest absolute Gasteiger partial charge is 0.226 e. The third-order valence-corrected chi connectivity index (χ3v) is 5.90. The molecule has 23 heavy (non-hydrogen) atoms. The van der Waals surface area contributed by atoms with Crippen molar-refractivity contribution in [2.75, 3.05) is 26.2 Å². The normalized spacial score (nSPS) is 23.0. The van der Waals surface area contributed by atoms with Crippen molar-refractivity contribution >= 4 is 37.8 Å². The molecular weight excluding hydrogens is 422 g/mol. The molecule has 3 rings (SSSR count). The molecule has 0 spiro atoms. The van der Waals surface area contributed by atoms with Gasteiger partial charge in [0.15, 0.2) is 0 Å². The molecule has 0 saturated carbocycles. The summed E-state index contributed by atoms with van der Waals surface area (Å²) in [7, 11) is 0. The summed E-state index contributed by atoms with van der Waals surface area (Å²) in [5.41, 5.74) is 1.04. The van der Waals surface area contributed by atoms with Crippen LogP contribution in [0.1, 0.15) is 37.8 Å². The second-order valence-corrected chi connectivity index (χ2v) is 8.31. The van der Waals surface area contributed by atoms with E-state index >= 15 is 0 Å². The van der Waals surface area contributed by atoms with Crippen molar-refractivity contribution < 1.29 is 4.79 Å². The maximum absolute atomic E-state index is 12.7. The zero-order valence-corrected chi connectivity index (χ0v) is 16.5. The molecule has 0 unspecified atom stereocenters. The molecule has 1 aromatic heterocycles. The summed E-state index contributed by atoms with van der Waals surface area (Å²) in [5.74, 6) is 0.535. The van der Waals surface area contributed by atoms with Crippen LogP contribution in [-0.4, -0.2) is 46.9 Å². The number of hydrogen-bond acceptors (Lipinski definition) is 3. The van der Waals surface area contributed by atoms with Crippen LogP contribution in [0.25, 0.3) is 0 Å². The molecule has 3 heterocycles. The number of carbonyl (C=O) groups excluding carboxylic acids is 1. The fraction of sp³-hybridized carbons (Fsp3) is 0.647. The van der Waals surface area contributed by atoms with Gasteiger partial charge in [0.05, 0.1) is 11.6 Å². The maximum Gasteiger partial charge on any atom is 0.226 e. The van der Waals surface area contributed by atoms with E-state index in [4.69, 9.17) is 0 Å². The SMILES string of the molecule is O=C([C@@H]1CCCN(Cc2ncc(Br)cc2Br)C1)N1CCCCC1. The quantitative estimate of drug-likeness (QED) is 0.710. The number of amides is 1. The fourth-order valence-corrected chi connectivity index (χ4v) is 4.66. The van der Waals surface area contributed by atoms with Crippen LogP contribution in [0.15, 0.2) is 21.2 Å². The van der Waals surface area contributed by atoms with E-state index in [-0.39, 0.29) is 5.92 Å². The highest BCUT2D eigenvalue weighted by atomic mass is 79.9. The number of pyridine rings is 1. The Kier molecular flexibility index (Phi) is 6.10. The lowest BCUT2D eigenvalue weighted by Crippen LogP contribution is -2.46. The minimum atomic E-state index is 0.163. The Labute approximate surface area is 154 Å². The average molecular weight is 445 g/mol. The van der Waals surface area contributed by atoms with Gasteiger partial charge in [-0.15, -0.1) is 0 Å². The molecule has 6 heteroatoms. The van der Waals surface area contributed by atoms with Crippen molar-refractivity contribution in [3.05, 3.63) is 26.9 Å². The van der Waals surface area contributed by atoms with Crippen LogP contribution in [0, 0.1) is 5.92 Å². The molecule has 2 saturated heterocycles. The van der Waals surface area contributed by atoms with Crippen LogP contribution in [0.2, 0.25) is 0 Å². The number of piperidine rings is 2. The van der Waals surface area contributed by atoms with E-state index in [9.17, 15) is 4.79 Å². The number of hydrogen-bond donors (Lipinski definition) is 0. The zero-order valence-electron chi connectivity index (χ0n) is 13.3. The second kappa shape index (κ2) is 8.08. The molecule has 2 aliphatic rings. The first-order valence-electron chi connectivity index (χ1n) is 8.44. The van der Waals surface area contributed by atoms with Gasteiger partial charge in [0.2, 0.25) is 5.91 Å². The van der Waals surface area contributed by atoms with Gasteiger partial charge in [-0.25, -0.2) is 0 Å². The molecule has 1 aromatic rings. The third-order valence-electron chi connectivity index (χ3n) is 4.78. The first-order chi connectivity index (χ1) is 11.1. The monoisotopic (exact) mass is 443 g/mol. The first-order valence-corrected chi connectivity index (χ1v) is 10.0. The van der Waals surface area contributed by atoms with Crippen molar-refractivity contribution in [1.82, 2.24) is 14.8 Å². The van der Waals surface area contributed by atoms with E-state index in [0.29, 0.717) is 5.91 Å². The molecule has 126 valence electrons. The molecule has 1 atom stereocenters. The minimum absolute atomic E-state index is 0.163. The highest BCUT2D eigenvalue weighted by molar-refractivity contribution is 9.11. The number of rotatable bonds is 3. The molecule has 0 aliphatic carbocycles. The molecule has 0 radical (unpaired) electrons. The summed E-state index contributed by atoms with van der Waals surface area (Å²) in [6.45, 7) is 4.62. The molecular formula is C17H23Br2N3O. The highest BCUT2D eigenvalue weighted by Crippen LogP contribution is 2.25. The third kappa shape index (κ3) is 4.54. The van der Waals surface area contributed by atoms with Crippen LogP contribution in [0.3, 0.4) is 0 Å². The van der Waals surface area contributed by atoms with E-state index < -0.39 is 0 Å². The van der Waals surface area contributed by atoms with Crippen molar-refractivity contribution in [3.8, 4) is 0 Å². The molecule has 4 nitrogen and oxygen atoms in total. The molecule has 0 aromatic carbocycles. The van der Waals surface area contributed by atoms with E-state index in [2.05, 4.69) is 46.6 Å². The van der Waals surface area contributed by atoms with Crippen LogP contribution in [-0.2, 0) is 11.3 Å². The van der Waals surface area contributed by atoms with E-state index in [1.54, 1.807) is 0 Å². The summed E-state index contributed by atoms with van der Waals surface area (Å²) in [4.78, 5) is 21.7. The fourth-order valence-electron chi connectivity index (χ4n) is 3.54. The number of carbonyl (C=O) groups is 1. The van der Waals surface area contributed by atoms with E-state index in [0.717, 1.165) is 73.0 Å². The topological polar surface area (TPSA) is 36.4 Å². The second-order valence-electron chi connectivity index (χ2n) is 6.54. The lowest BCUT2D eigenvalue weighted by molar-refractivity contribution is -0.138. The lowest BCUT2D eigenvalue weighted by atomic mass is 9.95. The Morgan fingerprint density at radius 1 is 1.17 bits per heavy atom. The zero-order chi connectivity index (χ0) is 16.2. The Hall–Kier alpha value is -0.460. The summed E-state index contributed by atoms with van der Waals surface area (Å²) in [6, 6.07) is 2.03. The molecule has 0 bridgehead atoms. The van der Waals surface area contributed by atoms with E-state index in [1.165, 1.54) is 6.42 Å². The van der Waals surface area contributed by atoms with Gasteiger partial charge >= 0.3 is 0 Å². The van der Waals surface area contributed by atoms with Gasteiger partial charge in [-0.3, -0.25) is 14.7 Å². The maximum atomic E-state index is 12.7. The Morgan fingerprint density at radius 3 is 2.70 bits per heavy atom. The van der Waals surface area contributed by atoms with Gasteiger partial charge in [0, 0.05) is 41.3 Å². The van der Waals surface area contributed by atoms with Crippen molar-refractivity contribution in [3.63, 3.8) is 0 Å². The van der Waals surface area contributed by atoms with Crippen molar-refractivity contribution in [2.45, 2.75) is 38.6 Å². The van der Waals surface area contributed by atoms with Gasteiger partial charge in [-0.05, 0) is 76.6 Å². The summed E-state index contributed by atoms with van der Waals surface area (Å²) >= 11 is 7.02. The molecule has 2 aliphatic heterocycles. The van der Waals surface area contributed by atoms with Crippen molar-refractivity contribution in [2.24, 2.45) is 5.92 Å². The largest absolute Gasteiger partial charge is 0.342 e. The van der Waals surface area contributed by atoms with Crippen LogP contribution >= 0.6 is 31.9 Å². The van der Waals surface area contributed by atoms with Gasteiger partial charge < -0.3 is 4.90 Å². The molecule has 1 amide bonds. The van der Waals surface area contributed by atoms with Gasteiger partial charge in [-0.1, -0.05) is 0 Å². The van der Waals surface area contributed by atoms with E-state index in [1.807, 2.05) is 12.3 Å². The number of nitrogens with zero attached hydrogens (tertiary/aromatic N) is 3. The number of likely N-dealkylation sites (tertiary alicyclic amines) is 2. The summed E-state index contributed by atoms with van der Waals surface area (Å²) in [5, 5.41) is 0. The minimum Gasteiger partial charge on any atom is -0.342 e. The predicted octanol–water partition coefficient (Wildman–Crippen LogP) is 3.83. The van der Waals surface area contributed by atoms with Gasteiger partial charge in [0.1, 0.15) is 0 Å². The predicted molar refractivity (Wildman–Crippen MR) is 98.1 cm³/mol. The standard InChI is InChI=1S/C17H23Br2N3O/c18-14-9-15(19)16(20-10-14)12-21-6-4-5-13(11-21)17(23)22-7-2-1-3-8-22/h9-10,13H,1-8,11-12H2/t13-/m1/s1. The van der Waals surface area contributed by atoms with Gasteiger partial charge in [-0.2, -0.15) is 0 Å². The van der Waals surface area contributed by atoms with Crippen LogP contribution in [0.5, 0.6) is 0 Å². The lowest BCUT2D eigenvalue weighted by Gasteiger charge is -2.36. The Balaban J connectivity index is 1.60. The molecule has 0 N–H and O–H groups in total.